The molecule has 8 nitrogen and oxygen atoms in total. The van der Waals surface area contributed by atoms with E-state index in [9.17, 15) is 0 Å². The third kappa shape index (κ3) is 3.18. The predicted molar refractivity (Wildman–Crippen MR) is 111 cm³/mol. The van der Waals surface area contributed by atoms with E-state index >= 15 is 0 Å². The fourth-order valence-corrected chi connectivity index (χ4v) is 3.28. The Morgan fingerprint density at radius 1 is 0.933 bits per heavy atom. The molecule has 30 heavy (non-hydrogen) atoms. The van der Waals surface area contributed by atoms with Crippen LogP contribution in [0.3, 0.4) is 0 Å². The van der Waals surface area contributed by atoms with E-state index < -0.39 is 6.10 Å². The fourth-order valence-electron chi connectivity index (χ4n) is 3.28. The van der Waals surface area contributed by atoms with Crippen LogP contribution in [0.5, 0.6) is 11.6 Å². The zero-order valence-corrected chi connectivity index (χ0v) is 16.4. The second-order valence-electron chi connectivity index (χ2n) is 6.73. The largest absolute Gasteiger partial charge is 0.497 e. The van der Waals surface area contributed by atoms with Crippen molar-refractivity contribution in [1.82, 2.24) is 29.8 Å². The third-order valence-corrected chi connectivity index (χ3v) is 4.82. The standard InChI is InChI=1S/C22H18N6O2/c1-14(30-22-17-9-8-16(29-2)12-19(17)23-13-24-22)21-26-25-20-11-10-18(27-28(20)21)15-6-4-3-5-7-15/h3-14H,1-2H3/t14-/m0/s1. The van der Waals surface area contributed by atoms with Crippen molar-refractivity contribution in [3.63, 3.8) is 0 Å². The number of benzene rings is 2. The first kappa shape index (κ1) is 18.0. The molecular formula is C22H18N6O2. The van der Waals surface area contributed by atoms with Crippen LogP contribution in [0.2, 0.25) is 0 Å². The van der Waals surface area contributed by atoms with Crippen molar-refractivity contribution in [3.8, 4) is 22.9 Å². The summed E-state index contributed by atoms with van der Waals surface area (Å²) in [5.41, 5.74) is 3.24. The van der Waals surface area contributed by atoms with E-state index in [1.807, 2.05) is 67.6 Å². The van der Waals surface area contributed by atoms with Crippen LogP contribution in [0.25, 0.3) is 27.8 Å². The molecule has 0 saturated heterocycles. The van der Waals surface area contributed by atoms with Gasteiger partial charge in [0.25, 0.3) is 0 Å². The lowest BCUT2D eigenvalue weighted by atomic mass is 10.1. The van der Waals surface area contributed by atoms with E-state index in [0.717, 1.165) is 27.9 Å². The number of fused-ring (bicyclic) bond motifs is 2. The molecule has 0 aliphatic carbocycles. The molecule has 0 bridgehead atoms. The second-order valence-corrected chi connectivity index (χ2v) is 6.73. The normalized spacial score (nSPS) is 12.2. The SMILES string of the molecule is COc1ccc2c(O[C@@H](C)c3nnc4ccc(-c5ccccc5)nn34)ncnc2c1. The number of hydrogen-bond donors (Lipinski definition) is 0. The van der Waals surface area contributed by atoms with Crippen LogP contribution in [0, 0.1) is 0 Å². The summed E-state index contributed by atoms with van der Waals surface area (Å²) in [6, 6.07) is 19.4. The summed E-state index contributed by atoms with van der Waals surface area (Å²) in [5.74, 6) is 1.77. The van der Waals surface area contributed by atoms with Gasteiger partial charge in [0, 0.05) is 11.6 Å². The van der Waals surface area contributed by atoms with Crippen LogP contribution in [0.1, 0.15) is 18.9 Å². The molecule has 5 aromatic rings. The highest BCUT2D eigenvalue weighted by Gasteiger charge is 2.19. The van der Waals surface area contributed by atoms with Crippen molar-refractivity contribution in [1.29, 1.82) is 0 Å². The quantitative estimate of drug-likeness (QED) is 0.444. The maximum absolute atomic E-state index is 6.14. The van der Waals surface area contributed by atoms with Crippen molar-refractivity contribution < 1.29 is 9.47 Å². The molecule has 0 spiro atoms. The van der Waals surface area contributed by atoms with E-state index in [1.54, 1.807) is 11.6 Å². The molecule has 0 unspecified atom stereocenters. The molecule has 148 valence electrons. The Hall–Kier alpha value is -4.07. The van der Waals surface area contributed by atoms with Crippen LogP contribution in [0.4, 0.5) is 0 Å². The summed E-state index contributed by atoms with van der Waals surface area (Å²) in [6.45, 7) is 1.89. The van der Waals surface area contributed by atoms with Gasteiger partial charge in [0.15, 0.2) is 17.6 Å². The van der Waals surface area contributed by atoms with Gasteiger partial charge >= 0.3 is 0 Å². The summed E-state index contributed by atoms with van der Waals surface area (Å²) < 4.78 is 13.1. The van der Waals surface area contributed by atoms with Crippen LogP contribution in [-0.4, -0.2) is 36.9 Å². The molecule has 3 aromatic heterocycles. The van der Waals surface area contributed by atoms with Gasteiger partial charge in [-0.25, -0.2) is 9.97 Å². The molecule has 0 fully saturated rings. The number of rotatable bonds is 5. The Kier molecular flexibility index (Phi) is 4.44. The monoisotopic (exact) mass is 398 g/mol. The highest BCUT2D eigenvalue weighted by molar-refractivity contribution is 5.84. The van der Waals surface area contributed by atoms with Gasteiger partial charge in [-0.3, -0.25) is 0 Å². The zero-order chi connectivity index (χ0) is 20.5. The highest BCUT2D eigenvalue weighted by atomic mass is 16.5. The maximum atomic E-state index is 6.14. The van der Waals surface area contributed by atoms with Crippen molar-refractivity contribution in [3.05, 3.63) is 72.8 Å². The van der Waals surface area contributed by atoms with Gasteiger partial charge in [0.1, 0.15) is 12.1 Å². The predicted octanol–water partition coefficient (Wildman–Crippen LogP) is 3.88. The smallest absolute Gasteiger partial charge is 0.225 e. The first-order valence-corrected chi connectivity index (χ1v) is 9.46. The zero-order valence-electron chi connectivity index (χ0n) is 16.4. The number of hydrogen-bond acceptors (Lipinski definition) is 7. The van der Waals surface area contributed by atoms with E-state index in [-0.39, 0.29) is 0 Å². The van der Waals surface area contributed by atoms with Crippen LogP contribution < -0.4 is 9.47 Å². The van der Waals surface area contributed by atoms with Gasteiger partial charge in [-0.1, -0.05) is 30.3 Å². The Balaban J connectivity index is 1.51. The van der Waals surface area contributed by atoms with Gasteiger partial charge in [-0.05, 0) is 31.2 Å². The number of aromatic nitrogens is 6. The first-order chi connectivity index (χ1) is 14.7. The topological polar surface area (TPSA) is 87.3 Å². The molecule has 0 amide bonds. The van der Waals surface area contributed by atoms with Gasteiger partial charge in [0.2, 0.25) is 5.88 Å². The van der Waals surface area contributed by atoms with E-state index in [2.05, 4.69) is 20.2 Å². The Morgan fingerprint density at radius 3 is 2.63 bits per heavy atom. The van der Waals surface area contributed by atoms with Gasteiger partial charge in [0.05, 0.1) is 23.7 Å². The van der Waals surface area contributed by atoms with Gasteiger partial charge in [-0.15, -0.1) is 10.2 Å². The molecule has 0 aliphatic heterocycles. The lowest BCUT2D eigenvalue weighted by molar-refractivity contribution is 0.207. The van der Waals surface area contributed by atoms with Crippen LogP contribution in [0.15, 0.2) is 67.0 Å². The minimum absolute atomic E-state index is 0.432. The summed E-state index contributed by atoms with van der Waals surface area (Å²) >= 11 is 0. The molecule has 5 rings (SSSR count). The molecule has 1 atom stereocenters. The molecule has 0 aliphatic rings. The first-order valence-electron chi connectivity index (χ1n) is 9.46. The molecule has 0 radical (unpaired) electrons. The molecule has 0 N–H and O–H groups in total. The fraction of sp³-hybridized carbons (Fsp3) is 0.136. The number of ether oxygens (including phenoxy) is 2. The minimum Gasteiger partial charge on any atom is -0.497 e. The van der Waals surface area contributed by atoms with E-state index in [4.69, 9.17) is 14.6 Å². The van der Waals surface area contributed by atoms with Gasteiger partial charge in [-0.2, -0.15) is 9.61 Å². The highest BCUT2D eigenvalue weighted by Crippen LogP contribution is 2.28. The molecule has 3 heterocycles. The van der Waals surface area contributed by atoms with Crippen molar-refractivity contribution in [2.24, 2.45) is 0 Å². The van der Waals surface area contributed by atoms with Crippen molar-refractivity contribution in [2.45, 2.75) is 13.0 Å². The lowest BCUT2D eigenvalue weighted by Crippen LogP contribution is -2.11. The molecule has 8 heteroatoms. The Labute approximate surface area is 172 Å². The van der Waals surface area contributed by atoms with E-state index in [1.165, 1.54) is 6.33 Å². The average Bonchev–Trinajstić information content (AvgIpc) is 3.23. The summed E-state index contributed by atoms with van der Waals surface area (Å²) in [6.07, 6.45) is 1.04. The second kappa shape index (κ2) is 7.40. The van der Waals surface area contributed by atoms with Crippen molar-refractivity contribution >= 4 is 16.6 Å². The van der Waals surface area contributed by atoms with Crippen LogP contribution in [-0.2, 0) is 0 Å². The molecule has 2 aromatic carbocycles. The van der Waals surface area contributed by atoms with Crippen molar-refractivity contribution in [2.75, 3.05) is 7.11 Å². The average molecular weight is 398 g/mol. The Bertz CT molecular complexity index is 1340. The van der Waals surface area contributed by atoms with Crippen LogP contribution >= 0.6 is 0 Å². The van der Waals surface area contributed by atoms with E-state index in [0.29, 0.717) is 17.4 Å². The third-order valence-electron chi connectivity index (χ3n) is 4.82. The summed E-state index contributed by atoms with van der Waals surface area (Å²) in [5, 5.41) is 14.0. The Morgan fingerprint density at radius 2 is 1.80 bits per heavy atom. The van der Waals surface area contributed by atoms with Gasteiger partial charge < -0.3 is 9.47 Å². The maximum Gasteiger partial charge on any atom is 0.225 e. The lowest BCUT2D eigenvalue weighted by Gasteiger charge is -2.14. The minimum atomic E-state index is -0.432. The summed E-state index contributed by atoms with van der Waals surface area (Å²) in [4.78, 5) is 8.60. The molecular weight excluding hydrogens is 380 g/mol. The molecule has 0 saturated carbocycles. The summed E-state index contributed by atoms with van der Waals surface area (Å²) in [7, 11) is 1.62. The number of methoxy groups -OCH3 is 1. The number of nitrogens with zero attached hydrogens (tertiary/aromatic N) is 6.